The quantitative estimate of drug-likeness (QED) is 0.779. The average Bonchev–Trinajstić information content (AvgIpc) is 2.37. The molecule has 1 heterocycles. The summed E-state index contributed by atoms with van der Waals surface area (Å²) in [5.74, 6) is 0.277. The van der Waals surface area contributed by atoms with Gasteiger partial charge < -0.3 is 4.74 Å². The highest BCUT2D eigenvalue weighted by molar-refractivity contribution is 5.67. The van der Waals surface area contributed by atoms with Gasteiger partial charge in [0.05, 0.1) is 0 Å². The molecule has 0 radical (unpaired) electrons. The molecule has 0 aliphatic carbocycles. The highest BCUT2D eigenvalue weighted by atomic mass is 16.6. The van der Waals surface area contributed by atoms with Crippen LogP contribution in [0.15, 0.2) is 30.3 Å². The van der Waals surface area contributed by atoms with Gasteiger partial charge in [-0.05, 0) is 38.7 Å². The predicted molar refractivity (Wildman–Crippen MR) is 85.0 cm³/mol. The van der Waals surface area contributed by atoms with E-state index in [0.717, 1.165) is 25.1 Å². The lowest BCUT2D eigenvalue weighted by Gasteiger charge is -2.49. The van der Waals surface area contributed by atoms with Crippen LogP contribution in [0, 0.1) is 5.92 Å². The van der Waals surface area contributed by atoms with E-state index in [2.05, 4.69) is 44.7 Å². The van der Waals surface area contributed by atoms with Crippen molar-refractivity contribution in [2.75, 3.05) is 13.1 Å². The van der Waals surface area contributed by atoms with Gasteiger partial charge in [-0.1, -0.05) is 37.3 Å². The van der Waals surface area contributed by atoms with Gasteiger partial charge in [0.2, 0.25) is 0 Å². The Balaban J connectivity index is 2.42. The second-order valence-corrected chi connectivity index (χ2v) is 7.31. The zero-order valence-corrected chi connectivity index (χ0v) is 13.8. The van der Waals surface area contributed by atoms with E-state index in [0.29, 0.717) is 5.92 Å². The largest absolute Gasteiger partial charge is 0.453 e. The van der Waals surface area contributed by atoms with Gasteiger partial charge >= 0.3 is 5.97 Å². The molecule has 0 aromatic heterocycles. The topological polar surface area (TPSA) is 29.5 Å². The van der Waals surface area contributed by atoms with Crippen molar-refractivity contribution < 1.29 is 9.53 Å². The Morgan fingerprint density at radius 1 is 1.29 bits per heavy atom. The lowest BCUT2D eigenvalue weighted by molar-refractivity contribution is -0.171. The molecule has 1 aliphatic rings. The number of carbonyl (C=O) groups excluding carboxylic acids is 1. The van der Waals surface area contributed by atoms with Crippen molar-refractivity contribution in [3.63, 3.8) is 0 Å². The minimum absolute atomic E-state index is 0.0643. The summed E-state index contributed by atoms with van der Waals surface area (Å²) in [7, 11) is 0. The van der Waals surface area contributed by atoms with Crippen molar-refractivity contribution in [1.82, 2.24) is 4.90 Å². The number of nitrogens with zero attached hydrogens (tertiary/aromatic N) is 1. The maximum atomic E-state index is 11.7. The van der Waals surface area contributed by atoms with Crippen molar-refractivity contribution in [2.24, 2.45) is 5.92 Å². The van der Waals surface area contributed by atoms with Gasteiger partial charge in [0, 0.05) is 25.6 Å². The average molecular weight is 289 g/mol. The van der Waals surface area contributed by atoms with Crippen LogP contribution in [0.5, 0.6) is 0 Å². The molecule has 0 bridgehead atoms. The molecule has 21 heavy (non-hydrogen) atoms. The number of benzene rings is 1. The van der Waals surface area contributed by atoms with E-state index in [1.165, 1.54) is 6.92 Å². The second kappa shape index (κ2) is 5.80. The zero-order valence-electron chi connectivity index (χ0n) is 13.8. The van der Waals surface area contributed by atoms with Crippen LogP contribution in [0.3, 0.4) is 0 Å². The van der Waals surface area contributed by atoms with Crippen LogP contribution >= 0.6 is 0 Å². The molecule has 0 N–H and O–H groups in total. The monoisotopic (exact) mass is 289 g/mol. The van der Waals surface area contributed by atoms with Gasteiger partial charge in [-0.3, -0.25) is 9.69 Å². The molecule has 116 valence electrons. The third-order valence-electron chi connectivity index (χ3n) is 4.24. The van der Waals surface area contributed by atoms with E-state index in [1.54, 1.807) is 0 Å². The molecule has 0 unspecified atom stereocenters. The van der Waals surface area contributed by atoms with Crippen molar-refractivity contribution in [1.29, 1.82) is 0 Å². The molecular weight excluding hydrogens is 262 g/mol. The Morgan fingerprint density at radius 2 is 1.90 bits per heavy atom. The zero-order chi connectivity index (χ0) is 15.7. The molecular formula is C18H27NO2. The number of carbonyl (C=O) groups is 1. The Labute approximate surface area is 128 Å². The molecule has 1 saturated heterocycles. The van der Waals surface area contributed by atoms with Gasteiger partial charge in [-0.15, -0.1) is 0 Å². The number of esters is 1. The number of piperidine rings is 1. The number of rotatable bonds is 2. The van der Waals surface area contributed by atoms with Crippen molar-refractivity contribution in [3.05, 3.63) is 35.9 Å². The first-order valence-electron chi connectivity index (χ1n) is 7.73. The minimum atomic E-state index is -0.530. The number of ether oxygens (including phenoxy) is 1. The van der Waals surface area contributed by atoms with Gasteiger partial charge in [0.1, 0.15) is 5.60 Å². The lowest BCUT2D eigenvalue weighted by atomic mass is 9.79. The maximum Gasteiger partial charge on any atom is 0.303 e. The van der Waals surface area contributed by atoms with Crippen LogP contribution in [0.2, 0.25) is 0 Å². The normalized spacial score (nSPS) is 27.4. The molecule has 1 aromatic rings. The van der Waals surface area contributed by atoms with Crippen molar-refractivity contribution in [2.45, 2.75) is 52.2 Å². The SMILES string of the molecule is CC(=O)O[C@@]1(c2ccccc2)C[C@H](C)CN(C(C)(C)C)C1. The number of likely N-dealkylation sites (tertiary alicyclic amines) is 1. The number of hydrogen-bond donors (Lipinski definition) is 0. The van der Waals surface area contributed by atoms with Crippen LogP contribution in [-0.2, 0) is 15.1 Å². The van der Waals surface area contributed by atoms with Gasteiger partial charge in [0.15, 0.2) is 0 Å². The first-order chi connectivity index (χ1) is 9.73. The van der Waals surface area contributed by atoms with Crippen LogP contribution in [0.1, 0.15) is 46.6 Å². The maximum absolute atomic E-state index is 11.7. The van der Waals surface area contributed by atoms with Crippen LogP contribution in [0.25, 0.3) is 0 Å². The van der Waals surface area contributed by atoms with Gasteiger partial charge in [-0.2, -0.15) is 0 Å². The molecule has 1 aromatic carbocycles. The molecule has 2 atom stereocenters. The molecule has 3 heteroatoms. The lowest BCUT2D eigenvalue weighted by Crippen LogP contribution is -2.57. The van der Waals surface area contributed by atoms with Crippen LogP contribution in [0.4, 0.5) is 0 Å². The fourth-order valence-corrected chi connectivity index (χ4v) is 3.31. The summed E-state index contributed by atoms with van der Waals surface area (Å²) >= 11 is 0. The van der Waals surface area contributed by atoms with Crippen molar-refractivity contribution in [3.8, 4) is 0 Å². The van der Waals surface area contributed by atoms with Gasteiger partial charge in [0.25, 0.3) is 0 Å². The molecule has 0 spiro atoms. The first kappa shape index (κ1) is 16.0. The van der Waals surface area contributed by atoms with E-state index < -0.39 is 5.60 Å². The first-order valence-corrected chi connectivity index (χ1v) is 7.73. The fourth-order valence-electron chi connectivity index (χ4n) is 3.31. The van der Waals surface area contributed by atoms with Crippen LogP contribution < -0.4 is 0 Å². The highest BCUT2D eigenvalue weighted by Gasteiger charge is 2.45. The molecule has 1 fully saturated rings. The van der Waals surface area contributed by atoms with Crippen LogP contribution in [-0.4, -0.2) is 29.5 Å². The third-order valence-corrected chi connectivity index (χ3v) is 4.24. The summed E-state index contributed by atoms with van der Waals surface area (Å²) in [5, 5.41) is 0. The third kappa shape index (κ3) is 3.65. The highest BCUT2D eigenvalue weighted by Crippen LogP contribution is 2.40. The Bertz CT molecular complexity index is 492. The predicted octanol–water partition coefficient (Wildman–Crippen LogP) is 3.59. The van der Waals surface area contributed by atoms with E-state index >= 15 is 0 Å². The summed E-state index contributed by atoms with van der Waals surface area (Å²) < 4.78 is 5.88. The van der Waals surface area contributed by atoms with Gasteiger partial charge in [-0.25, -0.2) is 0 Å². The standard InChI is InChI=1S/C18H27NO2/c1-14-11-18(21-15(2)20,16-9-7-6-8-10-16)13-19(12-14)17(3,4)5/h6-10,14H,11-13H2,1-5H3/t14-,18-/m0/s1. The summed E-state index contributed by atoms with van der Waals surface area (Å²) in [4.78, 5) is 14.1. The molecule has 0 saturated carbocycles. The fraction of sp³-hybridized carbons (Fsp3) is 0.611. The van der Waals surface area contributed by atoms with Crippen molar-refractivity contribution >= 4 is 5.97 Å². The Kier molecular flexibility index (Phi) is 4.43. The second-order valence-electron chi connectivity index (χ2n) is 7.31. The Morgan fingerprint density at radius 3 is 2.43 bits per heavy atom. The molecule has 1 aliphatic heterocycles. The number of hydrogen-bond acceptors (Lipinski definition) is 3. The van der Waals surface area contributed by atoms with E-state index in [9.17, 15) is 4.79 Å². The summed E-state index contributed by atoms with van der Waals surface area (Å²) in [5.41, 5.74) is 0.633. The van der Waals surface area contributed by atoms with E-state index in [4.69, 9.17) is 4.74 Å². The summed E-state index contributed by atoms with van der Waals surface area (Å²) in [6.07, 6.45) is 0.878. The van der Waals surface area contributed by atoms with E-state index in [1.807, 2.05) is 18.2 Å². The van der Waals surface area contributed by atoms with E-state index in [-0.39, 0.29) is 11.5 Å². The molecule has 3 nitrogen and oxygen atoms in total. The molecule has 0 amide bonds. The summed E-state index contributed by atoms with van der Waals surface area (Å²) in [6, 6.07) is 10.2. The Hall–Kier alpha value is -1.35. The minimum Gasteiger partial charge on any atom is -0.453 e. The smallest absolute Gasteiger partial charge is 0.303 e. The summed E-state index contributed by atoms with van der Waals surface area (Å²) in [6.45, 7) is 12.2. The molecule has 2 rings (SSSR count).